The summed E-state index contributed by atoms with van der Waals surface area (Å²) >= 11 is 0. The molecule has 0 radical (unpaired) electrons. The molecule has 4 rings (SSSR count). The van der Waals surface area contributed by atoms with Gasteiger partial charge in [-0.25, -0.2) is 0 Å². The lowest BCUT2D eigenvalue weighted by Crippen LogP contribution is -2.52. The summed E-state index contributed by atoms with van der Waals surface area (Å²) in [6.45, 7) is 7.61. The maximum atomic E-state index is 13.1. The first-order valence-electron chi connectivity index (χ1n) is 10.6. The van der Waals surface area contributed by atoms with Gasteiger partial charge in [-0.15, -0.1) is 0 Å². The minimum atomic E-state index is 0.165. The van der Waals surface area contributed by atoms with Crippen LogP contribution in [0.3, 0.4) is 0 Å². The molecule has 0 spiro atoms. The van der Waals surface area contributed by atoms with Gasteiger partial charge in [0.2, 0.25) is 5.91 Å². The molecule has 2 aliphatic rings. The summed E-state index contributed by atoms with van der Waals surface area (Å²) in [5.74, 6) is 0.537. The van der Waals surface area contributed by atoms with E-state index < -0.39 is 0 Å². The highest BCUT2D eigenvalue weighted by atomic mass is 16.2. The van der Waals surface area contributed by atoms with Gasteiger partial charge in [0.1, 0.15) is 0 Å². The average molecular weight is 378 g/mol. The monoisotopic (exact) mass is 377 g/mol. The molecule has 2 aromatic rings. The molecule has 4 nitrogen and oxygen atoms in total. The van der Waals surface area contributed by atoms with Crippen molar-refractivity contribution in [2.24, 2.45) is 5.92 Å². The predicted molar refractivity (Wildman–Crippen MR) is 113 cm³/mol. The van der Waals surface area contributed by atoms with E-state index in [-0.39, 0.29) is 5.92 Å². The maximum Gasteiger partial charge on any atom is 0.227 e. The number of carbonyl (C=O) groups is 1. The molecule has 0 N–H and O–H groups in total. The Kier molecular flexibility index (Phi) is 6.40. The third-order valence-corrected chi connectivity index (χ3v) is 6.04. The van der Waals surface area contributed by atoms with E-state index in [1.165, 1.54) is 11.1 Å². The molecule has 2 aromatic carbocycles. The van der Waals surface area contributed by atoms with Gasteiger partial charge in [0.05, 0.1) is 5.92 Å². The van der Waals surface area contributed by atoms with Gasteiger partial charge in [-0.2, -0.15) is 0 Å². The zero-order valence-corrected chi connectivity index (χ0v) is 16.7. The van der Waals surface area contributed by atoms with Crippen molar-refractivity contribution in [2.45, 2.75) is 25.9 Å². The first-order valence-corrected chi connectivity index (χ1v) is 10.6. The Morgan fingerprint density at radius 2 is 1.32 bits per heavy atom. The number of hydrogen-bond acceptors (Lipinski definition) is 3. The van der Waals surface area contributed by atoms with Gasteiger partial charge in [-0.05, 0) is 30.5 Å². The second kappa shape index (κ2) is 9.35. The van der Waals surface area contributed by atoms with Crippen LogP contribution < -0.4 is 0 Å². The molecule has 148 valence electrons. The Morgan fingerprint density at radius 1 is 0.750 bits per heavy atom. The Bertz CT molecular complexity index is 741. The van der Waals surface area contributed by atoms with E-state index in [1.807, 2.05) is 0 Å². The molecule has 0 unspecified atom stereocenters. The van der Waals surface area contributed by atoms with Gasteiger partial charge in [-0.1, -0.05) is 60.7 Å². The Morgan fingerprint density at radius 3 is 1.93 bits per heavy atom. The molecular weight excluding hydrogens is 346 g/mol. The van der Waals surface area contributed by atoms with Crippen LogP contribution in [0.15, 0.2) is 60.7 Å². The number of carbonyl (C=O) groups excluding carboxylic acids is 1. The average Bonchev–Trinajstić information content (AvgIpc) is 2.75. The summed E-state index contributed by atoms with van der Waals surface area (Å²) < 4.78 is 0. The number of rotatable bonds is 5. The van der Waals surface area contributed by atoms with Crippen LogP contribution in [0.25, 0.3) is 0 Å². The lowest BCUT2D eigenvalue weighted by atomic mass is 9.95. The number of nitrogens with zero attached hydrogens (tertiary/aromatic N) is 3. The molecule has 2 aliphatic heterocycles. The van der Waals surface area contributed by atoms with Crippen molar-refractivity contribution in [3.05, 3.63) is 71.8 Å². The highest BCUT2D eigenvalue weighted by Crippen LogP contribution is 2.21. The number of piperidine rings is 1. The van der Waals surface area contributed by atoms with E-state index in [2.05, 4.69) is 75.4 Å². The van der Waals surface area contributed by atoms with Crippen LogP contribution in [0.4, 0.5) is 0 Å². The van der Waals surface area contributed by atoms with Crippen molar-refractivity contribution in [3.63, 3.8) is 0 Å². The molecular formula is C24H31N3O. The molecule has 2 heterocycles. The van der Waals surface area contributed by atoms with Crippen molar-refractivity contribution in [3.8, 4) is 0 Å². The van der Waals surface area contributed by atoms with E-state index >= 15 is 0 Å². The fourth-order valence-electron chi connectivity index (χ4n) is 4.47. The molecule has 2 fully saturated rings. The first-order chi connectivity index (χ1) is 13.8. The summed E-state index contributed by atoms with van der Waals surface area (Å²) in [6.07, 6.45) is 2.16. The maximum absolute atomic E-state index is 13.1. The van der Waals surface area contributed by atoms with Crippen LogP contribution in [0.5, 0.6) is 0 Å². The summed E-state index contributed by atoms with van der Waals surface area (Å²) in [6, 6.07) is 21.2. The molecule has 2 saturated heterocycles. The molecule has 0 aliphatic carbocycles. The standard InChI is InChI=1S/C24H31N3O/c28-24(23-12-7-13-26(20-23)19-22-10-5-2-6-11-22)27-16-14-25(15-17-27)18-21-8-3-1-4-9-21/h1-6,8-11,23H,7,12-20H2/t23-/m1/s1. The van der Waals surface area contributed by atoms with E-state index in [0.29, 0.717) is 5.91 Å². The van der Waals surface area contributed by atoms with E-state index in [9.17, 15) is 4.79 Å². The lowest BCUT2D eigenvalue weighted by Gasteiger charge is -2.39. The van der Waals surface area contributed by atoms with Gasteiger partial charge in [0.15, 0.2) is 0 Å². The van der Waals surface area contributed by atoms with Crippen LogP contribution in [0.2, 0.25) is 0 Å². The van der Waals surface area contributed by atoms with Crippen LogP contribution >= 0.6 is 0 Å². The topological polar surface area (TPSA) is 26.8 Å². The zero-order chi connectivity index (χ0) is 19.2. The molecule has 1 amide bonds. The molecule has 28 heavy (non-hydrogen) atoms. The normalized spacial score (nSPS) is 21.6. The van der Waals surface area contributed by atoms with Crippen molar-refractivity contribution in [1.29, 1.82) is 0 Å². The predicted octanol–water partition coefficient (Wildman–Crippen LogP) is 3.24. The lowest BCUT2D eigenvalue weighted by molar-refractivity contribution is -0.139. The van der Waals surface area contributed by atoms with Crippen molar-refractivity contribution in [1.82, 2.24) is 14.7 Å². The Hall–Kier alpha value is -2.17. The number of amides is 1. The van der Waals surface area contributed by atoms with Crippen molar-refractivity contribution in [2.75, 3.05) is 39.3 Å². The Labute approximate surface area is 168 Å². The van der Waals surface area contributed by atoms with E-state index in [4.69, 9.17) is 0 Å². The second-order valence-corrected chi connectivity index (χ2v) is 8.15. The third-order valence-electron chi connectivity index (χ3n) is 6.04. The molecule has 1 atom stereocenters. The number of piperazine rings is 1. The molecule has 0 bridgehead atoms. The van der Waals surface area contributed by atoms with E-state index in [0.717, 1.165) is 65.2 Å². The van der Waals surface area contributed by atoms with Crippen LogP contribution in [-0.2, 0) is 17.9 Å². The molecule has 0 aromatic heterocycles. The highest BCUT2D eigenvalue weighted by Gasteiger charge is 2.31. The van der Waals surface area contributed by atoms with Crippen molar-refractivity contribution >= 4 is 5.91 Å². The van der Waals surface area contributed by atoms with Gasteiger partial charge >= 0.3 is 0 Å². The third kappa shape index (κ3) is 5.00. The fraction of sp³-hybridized carbons (Fsp3) is 0.458. The zero-order valence-electron chi connectivity index (χ0n) is 16.7. The summed E-state index contributed by atoms with van der Waals surface area (Å²) in [4.78, 5) is 20.1. The van der Waals surface area contributed by atoms with Gasteiger partial charge in [-0.3, -0.25) is 14.6 Å². The van der Waals surface area contributed by atoms with Crippen LogP contribution in [-0.4, -0.2) is 59.9 Å². The fourth-order valence-corrected chi connectivity index (χ4v) is 4.47. The largest absolute Gasteiger partial charge is 0.340 e. The summed E-state index contributed by atoms with van der Waals surface area (Å²) in [5, 5.41) is 0. The van der Waals surface area contributed by atoms with Gasteiger partial charge in [0.25, 0.3) is 0 Å². The van der Waals surface area contributed by atoms with Crippen LogP contribution in [0.1, 0.15) is 24.0 Å². The van der Waals surface area contributed by atoms with Crippen molar-refractivity contribution < 1.29 is 4.79 Å². The number of hydrogen-bond donors (Lipinski definition) is 0. The smallest absolute Gasteiger partial charge is 0.227 e. The SMILES string of the molecule is O=C([C@@H]1CCCN(Cc2ccccc2)C1)N1CCN(Cc2ccccc2)CC1. The van der Waals surface area contributed by atoms with Crippen LogP contribution in [0, 0.1) is 5.92 Å². The molecule has 0 saturated carbocycles. The first kappa shape index (κ1) is 19.2. The minimum absolute atomic E-state index is 0.165. The highest BCUT2D eigenvalue weighted by molar-refractivity contribution is 5.79. The molecule has 4 heteroatoms. The summed E-state index contributed by atoms with van der Waals surface area (Å²) in [5.41, 5.74) is 2.69. The van der Waals surface area contributed by atoms with Gasteiger partial charge < -0.3 is 4.90 Å². The number of likely N-dealkylation sites (tertiary alicyclic amines) is 1. The van der Waals surface area contributed by atoms with E-state index in [1.54, 1.807) is 0 Å². The van der Waals surface area contributed by atoms with Gasteiger partial charge in [0, 0.05) is 45.8 Å². The minimum Gasteiger partial charge on any atom is -0.340 e. The Balaban J connectivity index is 1.26. The number of benzene rings is 2. The summed E-state index contributed by atoms with van der Waals surface area (Å²) in [7, 11) is 0. The second-order valence-electron chi connectivity index (χ2n) is 8.15. The quantitative estimate of drug-likeness (QED) is 0.800.